The van der Waals surface area contributed by atoms with Crippen molar-refractivity contribution in [2.75, 3.05) is 5.32 Å². The molecule has 2 N–H and O–H groups in total. The molecule has 0 radical (unpaired) electrons. The number of aromatic nitrogens is 1. The van der Waals surface area contributed by atoms with Crippen LogP contribution in [0.25, 0.3) is 0 Å². The molecular formula is C15H27N3. The van der Waals surface area contributed by atoms with Crippen LogP contribution >= 0.6 is 0 Å². The van der Waals surface area contributed by atoms with Gasteiger partial charge in [-0.1, -0.05) is 0 Å². The van der Waals surface area contributed by atoms with Crippen molar-refractivity contribution in [2.24, 2.45) is 0 Å². The van der Waals surface area contributed by atoms with Gasteiger partial charge in [-0.2, -0.15) is 0 Å². The Balaban J connectivity index is 2.90. The van der Waals surface area contributed by atoms with Crippen molar-refractivity contribution in [1.29, 1.82) is 0 Å². The number of pyridine rings is 1. The third-order valence-corrected chi connectivity index (χ3v) is 2.44. The molecule has 0 amide bonds. The summed E-state index contributed by atoms with van der Waals surface area (Å²) in [6.07, 6.45) is 1.96. The lowest BCUT2D eigenvalue weighted by molar-refractivity contribution is 0.424. The van der Waals surface area contributed by atoms with E-state index < -0.39 is 0 Å². The van der Waals surface area contributed by atoms with Crippen LogP contribution in [0.2, 0.25) is 0 Å². The summed E-state index contributed by atoms with van der Waals surface area (Å²) in [5, 5.41) is 7.05. The number of aryl methyl sites for hydroxylation is 1. The fourth-order valence-corrected chi connectivity index (χ4v) is 1.61. The topological polar surface area (TPSA) is 37.0 Å². The first-order valence-electron chi connectivity index (χ1n) is 6.55. The van der Waals surface area contributed by atoms with E-state index in [4.69, 9.17) is 0 Å². The molecule has 0 bridgehead atoms. The van der Waals surface area contributed by atoms with E-state index in [0.717, 1.165) is 12.2 Å². The molecule has 0 spiro atoms. The summed E-state index contributed by atoms with van der Waals surface area (Å²) in [4.78, 5) is 4.39. The Morgan fingerprint density at radius 2 is 1.67 bits per heavy atom. The van der Waals surface area contributed by atoms with Gasteiger partial charge in [-0.3, -0.25) is 4.98 Å². The first-order chi connectivity index (χ1) is 8.07. The average Bonchev–Trinajstić information content (AvgIpc) is 2.12. The van der Waals surface area contributed by atoms with Gasteiger partial charge in [0.05, 0.1) is 0 Å². The van der Waals surface area contributed by atoms with Crippen molar-refractivity contribution < 1.29 is 0 Å². The highest BCUT2D eigenvalue weighted by Gasteiger charge is 2.15. The van der Waals surface area contributed by atoms with Crippen molar-refractivity contribution in [3.8, 4) is 0 Å². The Hall–Kier alpha value is -1.09. The maximum atomic E-state index is 4.39. The predicted molar refractivity (Wildman–Crippen MR) is 78.9 cm³/mol. The van der Waals surface area contributed by atoms with Gasteiger partial charge >= 0.3 is 0 Å². The smallest absolute Gasteiger partial charge is 0.0423 e. The maximum Gasteiger partial charge on any atom is 0.0423 e. The minimum Gasteiger partial charge on any atom is -0.380 e. The Kier molecular flexibility index (Phi) is 4.38. The zero-order valence-electron chi connectivity index (χ0n) is 12.8. The van der Waals surface area contributed by atoms with Crippen LogP contribution in [-0.2, 0) is 6.54 Å². The van der Waals surface area contributed by atoms with E-state index in [1.54, 1.807) is 0 Å². The maximum absolute atomic E-state index is 4.39. The molecule has 1 aromatic rings. The van der Waals surface area contributed by atoms with Crippen LogP contribution in [0.3, 0.4) is 0 Å². The Labute approximate surface area is 111 Å². The van der Waals surface area contributed by atoms with Gasteiger partial charge in [0.2, 0.25) is 0 Å². The van der Waals surface area contributed by atoms with E-state index in [-0.39, 0.29) is 11.1 Å². The summed E-state index contributed by atoms with van der Waals surface area (Å²) >= 11 is 0. The molecule has 0 aliphatic rings. The molecule has 0 saturated heterocycles. The van der Waals surface area contributed by atoms with Gasteiger partial charge in [0.15, 0.2) is 0 Å². The van der Waals surface area contributed by atoms with Crippen molar-refractivity contribution in [3.63, 3.8) is 0 Å². The highest BCUT2D eigenvalue weighted by molar-refractivity contribution is 5.52. The zero-order valence-corrected chi connectivity index (χ0v) is 12.8. The van der Waals surface area contributed by atoms with E-state index >= 15 is 0 Å². The lowest BCUT2D eigenvalue weighted by Gasteiger charge is -2.26. The van der Waals surface area contributed by atoms with Crippen LogP contribution in [0, 0.1) is 6.92 Å². The highest BCUT2D eigenvalue weighted by Crippen LogP contribution is 2.20. The monoisotopic (exact) mass is 249 g/mol. The third kappa shape index (κ3) is 5.50. The Morgan fingerprint density at radius 1 is 1.06 bits per heavy atom. The summed E-state index contributed by atoms with van der Waals surface area (Å²) < 4.78 is 0. The van der Waals surface area contributed by atoms with Crippen LogP contribution in [0.4, 0.5) is 5.69 Å². The fourth-order valence-electron chi connectivity index (χ4n) is 1.61. The Bertz CT molecular complexity index is 397. The average molecular weight is 249 g/mol. The van der Waals surface area contributed by atoms with E-state index in [2.05, 4.69) is 63.2 Å². The minimum atomic E-state index is 0.0598. The van der Waals surface area contributed by atoms with Crippen molar-refractivity contribution in [1.82, 2.24) is 10.3 Å². The normalized spacial score (nSPS) is 12.6. The fraction of sp³-hybridized carbons (Fsp3) is 0.667. The first-order valence-corrected chi connectivity index (χ1v) is 6.55. The summed E-state index contributed by atoms with van der Waals surface area (Å²) in [5.74, 6) is 0. The van der Waals surface area contributed by atoms with Crippen LogP contribution < -0.4 is 10.6 Å². The second-order valence-corrected chi connectivity index (χ2v) is 6.96. The van der Waals surface area contributed by atoms with E-state index in [1.807, 2.05) is 13.1 Å². The molecular weight excluding hydrogens is 222 g/mol. The summed E-state index contributed by atoms with van der Waals surface area (Å²) in [6.45, 7) is 15.9. The second kappa shape index (κ2) is 5.27. The van der Waals surface area contributed by atoms with Gasteiger partial charge in [0.1, 0.15) is 0 Å². The van der Waals surface area contributed by atoms with Crippen LogP contribution in [0.15, 0.2) is 12.3 Å². The van der Waals surface area contributed by atoms with Gasteiger partial charge in [-0.05, 0) is 54.5 Å². The SMILES string of the molecule is Cc1cc(NC(C)(C)C)c(CNC(C)(C)C)cn1. The summed E-state index contributed by atoms with van der Waals surface area (Å²) in [6, 6.07) is 2.12. The van der Waals surface area contributed by atoms with Gasteiger partial charge in [-0.15, -0.1) is 0 Å². The molecule has 0 aliphatic heterocycles. The second-order valence-electron chi connectivity index (χ2n) is 6.96. The number of hydrogen-bond acceptors (Lipinski definition) is 3. The van der Waals surface area contributed by atoms with Crippen molar-refractivity contribution in [2.45, 2.75) is 66.1 Å². The largest absolute Gasteiger partial charge is 0.380 e. The molecule has 1 heterocycles. The minimum absolute atomic E-state index is 0.0598. The number of nitrogens with zero attached hydrogens (tertiary/aromatic N) is 1. The highest BCUT2D eigenvalue weighted by atomic mass is 15.0. The van der Waals surface area contributed by atoms with Crippen LogP contribution in [0.1, 0.15) is 52.8 Å². The van der Waals surface area contributed by atoms with E-state index in [9.17, 15) is 0 Å². The lowest BCUT2D eigenvalue weighted by atomic mass is 10.1. The molecule has 0 fully saturated rings. The first kappa shape index (κ1) is 15.0. The Morgan fingerprint density at radius 3 is 2.17 bits per heavy atom. The standard InChI is InChI=1S/C15H27N3/c1-11-8-13(18-15(5,6)7)12(9-16-11)10-17-14(2,3)4/h8-9,17H,10H2,1-7H3,(H,16,18). The predicted octanol–water partition coefficient (Wildman–Crippen LogP) is 3.49. The van der Waals surface area contributed by atoms with Crippen molar-refractivity contribution in [3.05, 3.63) is 23.5 Å². The van der Waals surface area contributed by atoms with Crippen LogP contribution in [0.5, 0.6) is 0 Å². The molecule has 1 rings (SSSR count). The van der Waals surface area contributed by atoms with E-state index in [1.165, 1.54) is 11.3 Å². The molecule has 3 nitrogen and oxygen atoms in total. The molecule has 0 aromatic carbocycles. The quantitative estimate of drug-likeness (QED) is 0.861. The van der Waals surface area contributed by atoms with Gasteiger partial charge in [-0.25, -0.2) is 0 Å². The van der Waals surface area contributed by atoms with Gasteiger partial charge < -0.3 is 10.6 Å². The van der Waals surface area contributed by atoms with Gasteiger partial charge in [0.25, 0.3) is 0 Å². The number of anilines is 1. The van der Waals surface area contributed by atoms with Crippen molar-refractivity contribution >= 4 is 5.69 Å². The van der Waals surface area contributed by atoms with Crippen LogP contribution in [-0.4, -0.2) is 16.1 Å². The number of rotatable bonds is 3. The zero-order chi connectivity index (χ0) is 14.0. The van der Waals surface area contributed by atoms with E-state index in [0.29, 0.717) is 0 Å². The molecule has 0 aliphatic carbocycles. The molecule has 0 saturated carbocycles. The molecule has 1 aromatic heterocycles. The molecule has 0 atom stereocenters. The van der Waals surface area contributed by atoms with Gasteiger partial charge in [0, 0.05) is 40.8 Å². The lowest BCUT2D eigenvalue weighted by Crippen LogP contribution is -2.35. The molecule has 0 unspecified atom stereocenters. The number of hydrogen-bond donors (Lipinski definition) is 2. The number of nitrogens with one attached hydrogen (secondary N) is 2. The summed E-state index contributed by atoms with van der Waals surface area (Å²) in [7, 11) is 0. The third-order valence-electron chi connectivity index (χ3n) is 2.44. The molecule has 102 valence electrons. The molecule has 18 heavy (non-hydrogen) atoms. The summed E-state index contributed by atoms with van der Waals surface area (Å²) in [5.41, 5.74) is 3.60. The molecule has 3 heteroatoms.